The lowest BCUT2D eigenvalue weighted by atomic mass is 9.97. The Morgan fingerprint density at radius 2 is 1.96 bits per heavy atom. The van der Waals surface area contributed by atoms with Crippen molar-refractivity contribution in [2.24, 2.45) is 4.99 Å². The zero-order chi connectivity index (χ0) is 17.2. The van der Waals surface area contributed by atoms with Crippen molar-refractivity contribution >= 4 is 11.9 Å². The van der Waals surface area contributed by atoms with Gasteiger partial charge >= 0.3 is 0 Å². The van der Waals surface area contributed by atoms with E-state index in [1.165, 1.54) is 25.7 Å². The number of amides is 1. The second-order valence-electron chi connectivity index (χ2n) is 5.99. The third-order valence-corrected chi connectivity index (χ3v) is 4.25. The molecule has 0 bridgehead atoms. The van der Waals surface area contributed by atoms with Crippen molar-refractivity contribution in [3.8, 4) is 0 Å². The largest absolute Gasteiger partial charge is 0.356 e. The second kappa shape index (κ2) is 9.75. The summed E-state index contributed by atoms with van der Waals surface area (Å²) in [7, 11) is 3.42. The van der Waals surface area contributed by atoms with Crippen LogP contribution in [0.2, 0.25) is 0 Å². The number of rotatable bonds is 6. The molecule has 1 aliphatic carbocycles. The first-order valence-electron chi connectivity index (χ1n) is 8.66. The molecule has 0 unspecified atom stereocenters. The summed E-state index contributed by atoms with van der Waals surface area (Å²) in [5.74, 6) is 0.741. The number of carbonyl (C=O) groups is 1. The van der Waals surface area contributed by atoms with Crippen LogP contribution in [0, 0.1) is 0 Å². The van der Waals surface area contributed by atoms with E-state index in [0.29, 0.717) is 12.1 Å². The van der Waals surface area contributed by atoms with Crippen LogP contribution in [0.4, 0.5) is 0 Å². The molecule has 1 aromatic rings. The molecular formula is C19H28N4O. The minimum absolute atomic E-state index is 0.0657. The van der Waals surface area contributed by atoms with Crippen molar-refractivity contribution in [1.82, 2.24) is 16.0 Å². The van der Waals surface area contributed by atoms with Gasteiger partial charge in [-0.1, -0.05) is 23.8 Å². The standard InChI is InChI=1S/C19H28N4O/c1-20-18(24)17-10-8-16(9-11-17)14-23-19(21-2)22-13-12-15-6-4-3-5-7-15/h6,8-11H,3-5,7,12-14H2,1-2H3,(H,20,24)(H2,21,22,23). The van der Waals surface area contributed by atoms with Crippen molar-refractivity contribution in [1.29, 1.82) is 0 Å². The lowest BCUT2D eigenvalue weighted by molar-refractivity contribution is 0.0963. The summed E-state index contributed by atoms with van der Waals surface area (Å²) in [6, 6.07) is 7.58. The predicted octanol–water partition coefficient (Wildman–Crippen LogP) is 2.60. The molecule has 0 spiro atoms. The molecule has 0 heterocycles. The van der Waals surface area contributed by atoms with Gasteiger partial charge in [0.2, 0.25) is 0 Å². The number of benzene rings is 1. The smallest absolute Gasteiger partial charge is 0.251 e. The van der Waals surface area contributed by atoms with Gasteiger partial charge in [-0.2, -0.15) is 0 Å². The minimum atomic E-state index is -0.0657. The van der Waals surface area contributed by atoms with Gasteiger partial charge in [-0.05, 0) is 49.8 Å². The van der Waals surface area contributed by atoms with Crippen LogP contribution < -0.4 is 16.0 Å². The Morgan fingerprint density at radius 3 is 2.58 bits per heavy atom. The van der Waals surface area contributed by atoms with Gasteiger partial charge in [0.1, 0.15) is 0 Å². The third-order valence-electron chi connectivity index (χ3n) is 4.25. The number of carbonyl (C=O) groups excluding carboxylic acids is 1. The summed E-state index contributed by atoms with van der Waals surface area (Å²) in [4.78, 5) is 15.8. The molecule has 5 heteroatoms. The van der Waals surface area contributed by atoms with Crippen molar-refractivity contribution in [2.75, 3.05) is 20.6 Å². The van der Waals surface area contributed by atoms with E-state index < -0.39 is 0 Å². The first kappa shape index (κ1) is 18.0. The molecule has 130 valence electrons. The normalized spacial score (nSPS) is 14.8. The molecular weight excluding hydrogens is 300 g/mol. The van der Waals surface area contributed by atoms with Crippen LogP contribution in [0.1, 0.15) is 48.0 Å². The van der Waals surface area contributed by atoms with E-state index in [1.54, 1.807) is 19.7 Å². The van der Waals surface area contributed by atoms with Crippen molar-refractivity contribution in [2.45, 2.75) is 38.6 Å². The maximum Gasteiger partial charge on any atom is 0.251 e. The van der Waals surface area contributed by atoms with Gasteiger partial charge in [0, 0.05) is 32.7 Å². The van der Waals surface area contributed by atoms with Gasteiger partial charge in [0.15, 0.2) is 5.96 Å². The van der Waals surface area contributed by atoms with Crippen molar-refractivity contribution in [3.63, 3.8) is 0 Å². The zero-order valence-electron chi connectivity index (χ0n) is 14.7. The van der Waals surface area contributed by atoms with Gasteiger partial charge in [-0.25, -0.2) is 0 Å². The Bertz CT molecular complexity index is 590. The van der Waals surface area contributed by atoms with E-state index >= 15 is 0 Å². The lowest BCUT2D eigenvalue weighted by Gasteiger charge is -2.15. The Kier molecular flexibility index (Phi) is 7.33. The molecule has 3 N–H and O–H groups in total. The van der Waals surface area contributed by atoms with Crippen LogP contribution in [0.5, 0.6) is 0 Å². The first-order valence-corrected chi connectivity index (χ1v) is 8.66. The summed E-state index contributed by atoms with van der Waals surface area (Å²) in [5.41, 5.74) is 3.35. The zero-order valence-corrected chi connectivity index (χ0v) is 14.7. The van der Waals surface area contributed by atoms with Gasteiger partial charge in [-0.15, -0.1) is 0 Å². The summed E-state index contributed by atoms with van der Waals surface area (Å²) in [6.45, 7) is 1.58. The van der Waals surface area contributed by atoms with Crippen molar-refractivity contribution in [3.05, 3.63) is 47.0 Å². The first-order chi connectivity index (χ1) is 11.7. The topological polar surface area (TPSA) is 65.5 Å². The van der Waals surface area contributed by atoms with Gasteiger partial charge in [0.05, 0.1) is 0 Å². The highest BCUT2D eigenvalue weighted by molar-refractivity contribution is 5.93. The highest BCUT2D eigenvalue weighted by atomic mass is 16.1. The highest BCUT2D eigenvalue weighted by Crippen LogP contribution is 2.19. The Balaban J connectivity index is 1.74. The van der Waals surface area contributed by atoms with Crippen LogP contribution >= 0.6 is 0 Å². The molecule has 1 amide bonds. The number of hydrogen-bond donors (Lipinski definition) is 3. The molecule has 0 fully saturated rings. The summed E-state index contributed by atoms with van der Waals surface area (Å²) < 4.78 is 0. The van der Waals surface area contributed by atoms with E-state index in [4.69, 9.17) is 0 Å². The average Bonchev–Trinajstić information content (AvgIpc) is 2.65. The summed E-state index contributed by atoms with van der Waals surface area (Å²) in [6.07, 6.45) is 8.60. The maximum absolute atomic E-state index is 11.5. The molecule has 5 nitrogen and oxygen atoms in total. The molecule has 0 atom stereocenters. The lowest BCUT2D eigenvalue weighted by Crippen LogP contribution is -2.37. The van der Waals surface area contributed by atoms with Crippen LogP contribution in [-0.2, 0) is 6.54 Å². The fourth-order valence-corrected chi connectivity index (χ4v) is 2.80. The molecule has 0 radical (unpaired) electrons. The van der Waals surface area contributed by atoms with Crippen LogP contribution in [-0.4, -0.2) is 32.5 Å². The number of aliphatic imine (C=N–C) groups is 1. The van der Waals surface area contributed by atoms with E-state index in [-0.39, 0.29) is 5.91 Å². The molecule has 0 aliphatic heterocycles. The Hall–Kier alpha value is -2.30. The fraction of sp³-hybridized carbons (Fsp3) is 0.474. The quantitative estimate of drug-likeness (QED) is 0.427. The Labute approximate surface area is 144 Å². The van der Waals surface area contributed by atoms with Crippen LogP contribution in [0.25, 0.3) is 0 Å². The number of allylic oxidation sites excluding steroid dienone is 1. The molecule has 1 aliphatic rings. The molecule has 0 aromatic heterocycles. The fourth-order valence-electron chi connectivity index (χ4n) is 2.80. The maximum atomic E-state index is 11.5. The molecule has 0 saturated heterocycles. The number of hydrogen-bond acceptors (Lipinski definition) is 2. The van der Waals surface area contributed by atoms with Crippen molar-refractivity contribution < 1.29 is 4.79 Å². The Morgan fingerprint density at radius 1 is 1.17 bits per heavy atom. The molecule has 0 saturated carbocycles. The number of guanidine groups is 1. The predicted molar refractivity (Wildman–Crippen MR) is 99.2 cm³/mol. The average molecular weight is 328 g/mol. The minimum Gasteiger partial charge on any atom is -0.356 e. The highest BCUT2D eigenvalue weighted by Gasteiger charge is 2.05. The van der Waals surface area contributed by atoms with Gasteiger partial charge in [0.25, 0.3) is 5.91 Å². The van der Waals surface area contributed by atoms with Gasteiger partial charge < -0.3 is 16.0 Å². The number of nitrogens with zero attached hydrogens (tertiary/aromatic N) is 1. The SMILES string of the molecule is CN=C(NCCC1=CCCCC1)NCc1ccc(C(=O)NC)cc1. The van der Waals surface area contributed by atoms with E-state index in [2.05, 4.69) is 27.0 Å². The van der Waals surface area contributed by atoms with E-state index in [0.717, 1.165) is 24.5 Å². The second-order valence-corrected chi connectivity index (χ2v) is 5.99. The molecule has 24 heavy (non-hydrogen) atoms. The summed E-state index contributed by atoms with van der Waals surface area (Å²) in [5, 5.41) is 9.29. The van der Waals surface area contributed by atoms with E-state index in [9.17, 15) is 4.79 Å². The molecule has 1 aromatic carbocycles. The van der Waals surface area contributed by atoms with E-state index in [1.807, 2.05) is 24.3 Å². The monoisotopic (exact) mass is 328 g/mol. The van der Waals surface area contributed by atoms with Crippen LogP contribution in [0.15, 0.2) is 40.9 Å². The summed E-state index contributed by atoms with van der Waals surface area (Å²) >= 11 is 0. The molecule has 2 rings (SSSR count). The number of nitrogens with one attached hydrogen (secondary N) is 3. The van der Waals surface area contributed by atoms with Crippen LogP contribution in [0.3, 0.4) is 0 Å². The van der Waals surface area contributed by atoms with Gasteiger partial charge in [-0.3, -0.25) is 9.79 Å². The third kappa shape index (κ3) is 5.72.